The largest absolute Gasteiger partial charge is 0.478 e. The lowest BCUT2D eigenvalue weighted by Gasteiger charge is -2.20. The molecule has 60 heavy (non-hydrogen) atoms. The van der Waals surface area contributed by atoms with Gasteiger partial charge in [0, 0.05) is 0 Å². The Labute approximate surface area is 345 Å². The molecular weight excluding hydrogens is 792 g/mol. The highest BCUT2D eigenvalue weighted by Crippen LogP contribution is 2.47. The van der Waals surface area contributed by atoms with E-state index in [0.717, 1.165) is 0 Å². The van der Waals surface area contributed by atoms with Gasteiger partial charge in [0.1, 0.15) is 0 Å². The molecule has 0 saturated heterocycles. The Hall–Kier alpha value is -6.72. The van der Waals surface area contributed by atoms with Crippen molar-refractivity contribution in [1.29, 1.82) is 0 Å². The molecule has 0 heterocycles. The number of fused-ring (bicyclic) bond motifs is 6. The highest BCUT2D eigenvalue weighted by molar-refractivity contribution is 6.27. The van der Waals surface area contributed by atoms with Gasteiger partial charge in [0.05, 0.1) is 39.6 Å². The van der Waals surface area contributed by atoms with Gasteiger partial charge in [0.2, 0.25) is 0 Å². The number of benzene rings is 4. The minimum atomic E-state index is -0.672. The molecule has 0 aliphatic carbocycles. The normalized spacial score (nSPS) is 10.7. The first-order valence-electron chi connectivity index (χ1n) is 19.2. The molecule has 0 fully saturated rings. The predicted octanol–water partition coefficient (Wildman–Crippen LogP) is 4.80. The SMILES string of the molecule is CCOC(=O)COc1cc2c3cc(OCC(=O)OCC)c(OCC(=O)OCC)cc3c3cc(OCC(=O)OCC)c(OCC(=O)OCC)cc3c2cc1OCC(=O)OCC. The van der Waals surface area contributed by atoms with Crippen LogP contribution >= 0.6 is 0 Å². The summed E-state index contributed by atoms with van der Waals surface area (Å²) in [4.78, 5) is 74.6. The van der Waals surface area contributed by atoms with Gasteiger partial charge in [-0.15, -0.1) is 0 Å². The molecule has 0 aliphatic rings. The third kappa shape index (κ3) is 12.6. The average molecular weight is 841 g/mol. The summed E-state index contributed by atoms with van der Waals surface area (Å²) in [6, 6.07) is 9.39. The van der Waals surface area contributed by atoms with E-state index in [1.54, 1.807) is 77.9 Å². The molecule has 0 aliphatic heterocycles. The summed E-state index contributed by atoms with van der Waals surface area (Å²) in [7, 11) is 0. The second-order valence-electron chi connectivity index (χ2n) is 12.1. The Bertz CT molecular complexity index is 1760. The first-order chi connectivity index (χ1) is 29.0. The van der Waals surface area contributed by atoms with Crippen molar-refractivity contribution in [2.75, 3.05) is 79.3 Å². The minimum absolute atomic E-state index is 0.0327. The monoisotopic (exact) mass is 840 g/mol. The lowest BCUT2D eigenvalue weighted by molar-refractivity contribution is -0.146. The zero-order chi connectivity index (χ0) is 43.6. The van der Waals surface area contributed by atoms with Gasteiger partial charge in [0.15, 0.2) is 74.1 Å². The molecule has 0 amide bonds. The third-order valence-corrected chi connectivity index (χ3v) is 8.03. The quantitative estimate of drug-likeness (QED) is 0.0526. The second-order valence-corrected chi connectivity index (χ2v) is 12.1. The van der Waals surface area contributed by atoms with Gasteiger partial charge >= 0.3 is 35.8 Å². The Morgan fingerprint density at radius 3 is 0.533 bits per heavy atom. The summed E-state index contributed by atoms with van der Waals surface area (Å²) in [5.74, 6) is -3.84. The first-order valence-corrected chi connectivity index (χ1v) is 19.2. The molecule has 0 atom stereocenters. The van der Waals surface area contributed by atoms with Crippen LogP contribution in [-0.4, -0.2) is 115 Å². The highest BCUT2D eigenvalue weighted by Gasteiger charge is 2.23. The first kappa shape index (κ1) is 46.0. The number of hydrogen-bond donors (Lipinski definition) is 0. The van der Waals surface area contributed by atoms with E-state index in [2.05, 4.69) is 0 Å². The van der Waals surface area contributed by atoms with Gasteiger partial charge in [-0.2, -0.15) is 0 Å². The van der Waals surface area contributed by atoms with Crippen LogP contribution in [0.2, 0.25) is 0 Å². The van der Waals surface area contributed by atoms with Crippen molar-refractivity contribution >= 4 is 68.1 Å². The third-order valence-electron chi connectivity index (χ3n) is 8.03. The van der Waals surface area contributed by atoms with Gasteiger partial charge in [-0.25, -0.2) is 28.8 Å². The molecule has 4 aromatic rings. The van der Waals surface area contributed by atoms with Crippen molar-refractivity contribution in [2.45, 2.75) is 41.5 Å². The van der Waals surface area contributed by atoms with Crippen molar-refractivity contribution in [2.24, 2.45) is 0 Å². The Balaban J connectivity index is 2.11. The second kappa shape index (κ2) is 23.0. The van der Waals surface area contributed by atoms with Crippen LogP contribution in [0.5, 0.6) is 34.5 Å². The van der Waals surface area contributed by atoms with Crippen LogP contribution in [0.4, 0.5) is 0 Å². The molecular formula is C42H48O18. The van der Waals surface area contributed by atoms with Crippen LogP contribution in [0.3, 0.4) is 0 Å². The molecule has 0 aromatic heterocycles. The van der Waals surface area contributed by atoms with E-state index < -0.39 is 75.5 Å². The summed E-state index contributed by atoms with van der Waals surface area (Å²) in [5, 5.41) is 2.72. The molecule has 0 unspecified atom stereocenters. The van der Waals surface area contributed by atoms with E-state index in [4.69, 9.17) is 56.8 Å². The summed E-state index contributed by atoms with van der Waals surface area (Å²) >= 11 is 0. The fourth-order valence-corrected chi connectivity index (χ4v) is 5.73. The predicted molar refractivity (Wildman–Crippen MR) is 212 cm³/mol. The van der Waals surface area contributed by atoms with Crippen LogP contribution in [-0.2, 0) is 57.2 Å². The van der Waals surface area contributed by atoms with Crippen molar-refractivity contribution in [1.82, 2.24) is 0 Å². The van der Waals surface area contributed by atoms with Crippen molar-refractivity contribution < 1.29 is 85.6 Å². The highest BCUT2D eigenvalue weighted by atomic mass is 16.6. The molecule has 4 rings (SSSR count). The lowest BCUT2D eigenvalue weighted by Crippen LogP contribution is -2.17. The average Bonchev–Trinajstić information content (AvgIpc) is 3.22. The Morgan fingerprint density at radius 2 is 0.417 bits per heavy atom. The Kier molecular flexibility index (Phi) is 17.6. The molecule has 0 spiro atoms. The van der Waals surface area contributed by atoms with Crippen LogP contribution in [0, 0.1) is 0 Å². The number of rotatable bonds is 24. The van der Waals surface area contributed by atoms with Crippen LogP contribution in [0.15, 0.2) is 36.4 Å². The smallest absolute Gasteiger partial charge is 0.344 e. The number of carbonyl (C=O) groups excluding carboxylic acids is 6. The van der Waals surface area contributed by atoms with Crippen LogP contribution < -0.4 is 28.4 Å². The molecule has 324 valence electrons. The maximum Gasteiger partial charge on any atom is 0.344 e. The standard InChI is InChI=1S/C42H48O18/c1-7-49-37(43)19-55-31-13-25-26(14-32(31)56-20-38(44)50-8-2)28-16-34(58-22-40(46)52-10-4)36(60-24-42(48)54-12-6)18-30(28)29-17-35(59-23-41(47)53-11-5)33(15-27(25)29)57-21-39(45)51-9-3/h13-18H,7-12,19-24H2,1-6H3. The number of hydrogen-bond acceptors (Lipinski definition) is 18. The van der Waals surface area contributed by atoms with Crippen molar-refractivity contribution in [3.63, 3.8) is 0 Å². The van der Waals surface area contributed by atoms with Crippen LogP contribution in [0.1, 0.15) is 41.5 Å². The van der Waals surface area contributed by atoms with Gasteiger partial charge < -0.3 is 56.8 Å². The molecule has 18 nitrogen and oxygen atoms in total. The van der Waals surface area contributed by atoms with E-state index in [9.17, 15) is 28.8 Å². The number of esters is 6. The van der Waals surface area contributed by atoms with Gasteiger partial charge in [-0.3, -0.25) is 0 Å². The van der Waals surface area contributed by atoms with Crippen molar-refractivity contribution in [3.05, 3.63) is 36.4 Å². The van der Waals surface area contributed by atoms with E-state index in [-0.39, 0.29) is 74.1 Å². The van der Waals surface area contributed by atoms with E-state index in [1.807, 2.05) is 0 Å². The summed E-state index contributed by atoms with van der Waals surface area (Å²) in [5.41, 5.74) is 0. The molecule has 4 aromatic carbocycles. The molecule has 0 N–H and O–H groups in total. The van der Waals surface area contributed by atoms with E-state index in [1.165, 1.54) is 0 Å². The fraction of sp³-hybridized carbons (Fsp3) is 0.429. The Morgan fingerprint density at radius 1 is 0.283 bits per heavy atom. The van der Waals surface area contributed by atoms with Crippen molar-refractivity contribution in [3.8, 4) is 34.5 Å². The topological polar surface area (TPSA) is 213 Å². The van der Waals surface area contributed by atoms with Crippen LogP contribution in [0.25, 0.3) is 32.3 Å². The van der Waals surface area contributed by atoms with Gasteiger partial charge in [0.25, 0.3) is 0 Å². The molecule has 0 saturated carbocycles. The maximum absolute atomic E-state index is 12.4. The number of ether oxygens (including phenoxy) is 12. The molecule has 0 bridgehead atoms. The lowest BCUT2D eigenvalue weighted by atomic mass is 9.93. The van der Waals surface area contributed by atoms with E-state index >= 15 is 0 Å². The molecule has 18 heteroatoms. The van der Waals surface area contributed by atoms with Gasteiger partial charge in [-0.1, -0.05) is 0 Å². The van der Waals surface area contributed by atoms with E-state index in [0.29, 0.717) is 32.3 Å². The molecule has 0 radical (unpaired) electrons. The zero-order valence-electron chi connectivity index (χ0n) is 34.3. The fourth-order valence-electron chi connectivity index (χ4n) is 5.73. The minimum Gasteiger partial charge on any atom is -0.478 e. The van der Waals surface area contributed by atoms with Gasteiger partial charge in [-0.05, 0) is 110 Å². The summed E-state index contributed by atoms with van der Waals surface area (Å²) in [6.45, 7) is 7.34. The summed E-state index contributed by atoms with van der Waals surface area (Å²) < 4.78 is 65.8. The zero-order valence-corrected chi connectivity index (χ0v) is 34.3. The summed E-state index contributed by atoms with van der Waals surface area (Å²) in [6.07, 6.45) is 0. The number of carbonyl (C=O) groups is 6. The maximum atomic E-state index is 12.4.